The van der Waals surface area contributed by atoms with Gasteiger partial charge in [0.1, 0.15) is 0 Å². The summed E-state index contributed by atoms with van der Waals surface area (Å²) in [4.78, 5) is 5.40. The van der Waals surface area contributed by atoms with Crippen molar-refractivity contribution in [2.24, 2.45) is 0 Å². The summed E-state index contributed by atoms with van der Waals surface area (Å²) in [7, 11) is 0. The Morgan fingerprint density at radius 3 is 2.82 bits per heavy atom. The third kappa shape index (κ3) is 4.34. The largest absolute Gasteiger partial charge is 0.392 e. The first-order chi connectivity index (χ1) is 10.8. The molecule has 0 amide bonds. The fraction of sp³-hybridized carbons (Fsp3) is 0.421. The molecule has 0 aliphatic heterocycles. The number of benzene rings is 1. The number of aliphatic hydroxyl groups is 1. The van der Waals surface area contributed by atoms with Crippen molar-refractivity contribution in [2.45, 2.75) is 49.5 Å². The number of nitrogens with zero attached hydrogens (tertiary/aromatic N) is 1. The van der Waals surface area contributed by atoms with Gasteiger partial charge < -0.3 is 5.11 Å². The summed E-state index contributed by atoms with van der Waals surface area (Å²) in [6.45, 7) is 0. The van der Waals surface area contributed by atoms with E-state index in [4.69, 9.17) is 0 Å². The SMILES string of the molecule is OC(CCc1cccnc1)CSc1ccc2c(c1)CCCC2. The average molecular weight is 313 g/mol. The van der Waals surface area contributed by atoms with Crippen LogP contribution in [-0.4, -0.2) is 21.9 Å². The molecule has 22 heavy (non-hydrogen) atoms. The molecular formula is C19H23NOS. The van der Waals surface area contributed by atoms with Crippen LogP contribution < -0.4 is 0 Å². The predicted octanol–water partition coefficient (Wildman–Crippen LogP) is 4.05. The van der Waals surface area contributed by atoms with Crippen LogP contribution in [0.2, 0.25) is 0 Å². The Bertz CT molecular complexity index is 600. The van der Waals surface area contributed by atoms with Gasteiger partial charge in [-0.25, -0.2) is 0 Å². The third-order valence-electron chi connectivity index (χ3n) is 4.25. The minimum atomic E-state index is -0.263. The number of pyridine rings is 1. The van der Waals surface area contributed by atoms with Crippen LogP contribution in [0.5, 0.6) is 0 Å². The van der Waals surface area contributed by atoms with E-state index in [1.165, 1.54) is 47.3 Å². The number of fused-ring (bicyclic) bond motifs is 1. The molecule has 0 bridgehead atoms. The normalized spacial score (nSPS) is 15.3. The molecule has 1 aliphatic carbocycles. The van der Waals surface area contributed by atoms with Crippen LogP contribution >= 0.6 is 11.8 Å². The van der Waals surface area contributed by atoms with Crippen LogP contribution in [-0.2, 0) is 19.3 Å². The minimum absolute atomic E-state index is 0.263. The second-order valence-electron chi connectivity index (χ2n) is 6.00. The molecule has 1 aliphatic rings. The van der Waals surface area contributed by atoms with E-state index in [1.807, 2.05) is 12.3 Å². The van der Waals surface area contributed by atoms with Gasteiger partial charge in [0.25, 0.3) is 0 Å². The van der Waals surface area contributed by atoms with Crippen molar-refractivity contribution in [3.8, 4) is 0 Å². The molecule has 116 valence electrons. The number of aryl methyl sites for hydroxylation is 3. The fourth-order valence-electron chi connectivity index (χ4n) is 2.95. The zero-order chi connectivity index (χ0) is 15.2. The van der Waals surface area contributed by atoms with Crippen LogP contribution in [0.25, 0.3) is 0 Å². The van der Waals surface area contributed by atoms with E-state index in [0.29, 0.717) is 0 Å². The zero-order valence-corrected chi connectivity index (χ0v) is 13.7. The van der Waals surface area contributed by atoms with Gasteiger partial charge in [-0.2, -0.15) is 0 Å². The summed E-state index contributed by atoms with van der Waals surface area (Å²) in [5.41, 5.74) is 4.23. The molecule has 0 fully saturated rings. The molecule has 0 spiro atoms. The number of hydrogen-bond donors (Lipinski definition) is 1. The number of hydrogen-bond acceptors (Lipinski definition) is 3. The molecule has 2 nitrogen and oxygen atoms in total. The van der Waals surface area contributed by atoms with Crippen LogP contribution in [0.15, 0.2) is 47.6 Å². The highest BCUT2D eigenvalue weighted by atomic mass is 32.2. The molecule has 1 aromatic carbocycles. The molecule has 1 unspecified atom stereocenters. The lowest BCUT2D eigenvalue weighted by Crippen LogP contribution is -2.11. The van der Waals surface area contributed by atoms with Crippen molar-refractivity contribution in [1.82, 2.24) is 4.98 Å². The first-order valence-corrected chi connectivity index (χ1v) is 9.11. The van der Waals surface area contributed by atoms with Crippen molar-refractivity contribution in [3.05, 3.63) is 59.4 Å². The first kappa shape index (κ1) is 15.6. The van der Waals surface area contributed by atoms with Gasteiger partial charge in [-0.15, -0.1) is 11.8 Å². The highest BCUT2D eigenvalue weighted by Crippen LogP contribution is 2.27. The summed E-state index contributed by atoms with van der Waals surface area (Å²) in [6.07, 6.45) is 10.2. The molecule has 1 N–H and O–H groups in total. The molecule has 2 aromatic rings. The van der Waals surface area contributed by atoms with Gasteiger partial charge in [0, 0.05) is 23.0 Å². The maximum Gasteiger partial charge on any atom is 0.0637 e. The number of rotatable bonds is 6. The first-order valence-electron chi connectivity index (χ1n) is 8.13. The number of aliphatic hydroxyl groups excluding tert-OH is 1. The Balaban J connectivity index is 1.47. The Morgan fingerprint density at radius 2 is 2.00 bits per heavy atom. The second kappa shape index (κ2) is 7.80. The lowest BCUT2D eigenvalue weighted by Gasteiger charge is -2.17. The quantitative estimate of drug-likeness (QED) is 0.817. The minimum Gasteiger partial charge on any atom is -0.392 e. The summed E-state index contributed by atoms with van der Waals surface area (Å²) in [6, 6.07) is 10.8. The standard InChI is InChI=1S/C19H23NOS/c21-18(9-7-15-4-3-11-20-13-15)14-22-19-10-8-16-5-1-2-6-17(16)12-19/h3-4,8,10-13,18,21H,1-2,5-7,9,14H2. The molecule has 0 radical (unpaired) electrons. The molecule has 1 aromatic heterocycles. The Hall–Kier alpha value is -1.32. The van der Waals surface area contributed by atoms with E-state index in [9.17, 15) is 5.11 Å². The van der Waals surface area contributed by atoms with Gasteiger partial charge in [0.15, 0.2) is 0 Å². The van der Waals surface area contributed by atoms with Crippen molar-refractivity contribution in [2.75, 3.05) is 5.75 Å². The van der Waals surface area contributed by atoms with Crippen molar-refractivity contribution in [3.63, 3.8) is 0 Å². The van der Waals surface area contributed by atoms with E-state index in [-0.39, 0.29) is 6.10 Å². The van der Waals surface area contributed by atoms with Gasteiger partial charge in [0.05, 0.1) is 6.10 Å². The van der Waals surface area contributed by atoms with Crippen molar-refractivity contribution >= 4 is 11.8 Å². The fourth-order valence-corrected chi connectivity index (χ4v) is 3.90. The van der Waals surface area contributed by atoms with E-state index in [2.05, 4.69) is 29.2 Å². The summed E-state index contributed by atoms with van der Waals surface area (Å²) < 4.78 is 0. The van der Waals surface area contributed by atoms with Crippen LogP contribution in [0, 0.1) is 0 Å². The van der Waals surface area contributed by atoms with Gasteiger partial charge in [-0.1, -0.05) is 12.1 Å². The Morgan fingerprint density at radius 1 is 1.14 bits per heavy atom. The lowest BCUT2D eigenvalue weighted by molar-refractivity contribution is 0.189. The van der Waals surface area contributed by atoms with Gasteiger partial charge in [0.2, 0.25) is 0 Å². The number of thioether (sulfide) groups is 1. The topological polar surface area (TPSA) is 33.1 Å². The van der Waals surface area contributed by atoms with E-state index < -0.39 is 0 Å². The molecule has 1 atom stereocenters. The van der Waals surface area contributed by atoms with Crippen LogP contribution in [0.1, 0.15) is 36.0 Å². The molecule has 3 rings (SSSR count). The van der Waals surface area contributed by atoms with E-state index in [1.54, 1.807) is 18.0 Å². The molecule has 0 saturated carbocycles. The van der Waals surface area contributed by atoms with Gasteiger partial charge in [-0.3, -0.25) is 4.98 Å². The summed E-state index contributed by atoms with van der Waals surface area (Å²) in [5, 5.41) is 10.2. The lowest BCUT2D eigenvalue weighted by atomic mass is 9.92. The second-order valence-corrected chi connectivity index (χ2v) is 7.10. The third-order valence-corrected chi connectivity index (χ3v) is 5.39. The van der Waals surface area contributed by atoms with Crippen molar-refractivity contribution in [1.29, 1.82) is 0 Å². The Labute approximate surface area is 137 Å². The zero-order valence-electron chi connectivity index (χ0n) is 12.9. The predicted molar refractivity (Wildman–Crippen MR) is 92.4 cm³/mol. The molecule has 0 saturated heterocycles. The average Bonchev–Trinajstić information content (AvgIpc) is 2.59. The van der Waals surface area contributed by atoms with Crippen LogP contribution in [0.3, 0.4) is 0 Å². The van der Waals surface area contributed by atoms with E-state index >= 15 is 0 Å². The molecule has 1 heterocycles. The van der Waals surface area contributed by atoms with Crippen LogP contribution in [0.4, 0.5) is 0 Å². The molecule has 3 heteroatoms. The maximum atomic E-state index is 10.2. The summed E-state index contributed by atoms with van der Waals surface area (Å²) in [5.74, 6) is 0.763. The monoisotopic (exact) mass is 313 g/mol. The highest BCUT2D eigenvalue weighted by molar-refractivity contribution is 7.99. The molecular weight excluding hydrogens is 290 g/mol. The number of aromatic nitrogens is 1. The maximum absolute atomic E-state index is 10.2. The van der Waals surface area contributed by atoms with Crippen molar-refractivity contribution < 1.29 is 5.11 Å². The summed E-state index contributed by atoms with van der Waals surface area (Å²) >= 11 is 1.77. The Kier molecular flexibility index (Phi) is 5.52. The highest BCUT2D eigenvalue weighted by Gasteiger charge is 2.11. The van der Waals surface area contributed by atoms with E-state index in [0.717, 1.165) is 18.6 Å². The van der Waals surface area contributed by atoms with Gasteiger partial charge >= 0.3 is 0 Å². The van der Waals surface area contributed by atoms with Gasteiger partial charge in [-0.05, 0) is 73.4 Å². The smallest absolute Gasteiger partial charge is 0.0637 e.